The van der Waals surface area contributed by atoms with E-state index in [0.29, 0.717) is 5.92 Å². The van der Waals surface area contributed by atoms with Crippen LogP contribution in [-0.4, -0.2) is 8.80 Å². The zero-order chi connectivity index (χ0) is 60.5. The maximum atomic E-state index is 7.12. The number of fused-ring (bicyclic) bond motifs is 18. The third-order valence-corrected chi connectivity index (χ3v) is 19.6. The number of aromatic nitrogens is 2. The van der Waals surface area contributed by atoms with Crippen LogP contribution in [0.5, 0.6) is 0 Å². The molecule has 6 aromatic heterocycles. The molecule has 91 heavy (non-hydrogen) atoms. The third kappa shape index (κ3) is 7.24. The number of nitrogens with zero attached hydrogens (tertiary/aromatic N) is 4. The molecule has 0 aliphatic carbocycles. The van der Waals surface area contributed by atoms with Crippen molar-refractivity contribution in [3.63, 3.8) is 0 Å². The molecule has 0 N–H and O–H groups in total. The van der Waals surface area contributed by atoms with Crippen molar-refractivity contribution in [2.45, 2.75) is 46.0 Å². The highest BCUT2D eigenvalue weighted by molar-refractivity contribution is 6.38. The van der Waals surface area contributed by atoms with Gasteiger partial charge in [0.05, 0.1) is 44.5 Å². The summed E-state index contributed by atoms with van der Waals surface area (Å²) in [7, 11) is 0. The van der Waals surface area contributed by atoms with Gasteiger partial charge in [0.2, 0.25) is 0 Å². The lowest BCUT2D eigenvalue weighted by atomic mass is 9.86. The fourth-order valence-corrected chi connectivity index (χ4v) is 15.8. The molecule has 0 aliphatic heterocycles. The molecule has 0 aliphatic rings. The average Bonchev–Trinajstić information content (AvgIpc) is 1.51. The molecule has 6 nitrogen and oxygen atoms in total. The molecule has 19 aromatic rings. The Bertz CT molecular complexity index is 6140. The van der Waals surface area contributed by atoms with Crippen LogP contribution < -0.4 is 9.80 Å². The molecule has 0 amide bonds. The Balaban J connectivity index is 0.889. The fourth-order valence-electron chi connectivity index (χ4n) is 15.8. The summed E-state index contributed by atoms with van der Waals surface area (Å²) in [5.41, 5.74) is 24.1. The highest BCUT2D eigenvalue weighted by Crippen LogP contribution is 2.56. The molecule has 0 spiro atoms. The Morgan fingerprint density at radius 1 is 0.319 bits per heavy atom. The minimum absolute atomic E-state index is 0.104. The summed E-state index contributed by atoms with van der Waals surface area (Å²) in [6.45, 7) is 11.3. The summed E-state index contributed by atoms with van der Waals surface area (Å²) in [5, 5.41) is 14.2. The van der Waals surface area contributed by atoms with Crippen LogP contribution >= 0.6 is 0 Å². The molecule has 0 saturated heterocycles. The number of benzene rings is 13. The second-order valence-corrected chi connectivity index (χ2v) is 26.1. The van der Waals surface area contributed by atoms with Crippen molar-refractivity contribution >= 4 is 154 Å². The highest BCUT2D eigenvalue weighted by atomic mass is 16.3. The van der Waals surface area contributed by atoms with Crippen LogP contribution in [0.3, 0.4) is 0 Å². The standard InChI is InChI=1S/C85H60N4O2/c1-50(2)57-32-18-35-60-62-37-22-42-71(83(62)90-81(57)60)86(53-28-14-8-15-29-53)55-44-46-69-66(48-55)58-33-19-39-64-75-74(52-26-12-7-13-27-52)80-76(73(51-24-10-6-11-25-51)79(75)88(69)77(58)64)65-40-20-34-59-67-49-56(45-47-70(67)89(80)78(59)65)87(54-30-16-9-17-31-54)72-43-23-38-63-61-36-21-41-68(85(3,4)5)82(61)91-84(63)72/h6-50H,1-5H3. The summed E-state index contributed by atoms with van der Waals surface area (Å²) >= 11 is 0. The predicted octanol–water partition coefficient (Wildman–Crippen LogP) is 24.5. The van der Waals surface area contributed by atoms with Crippen LogP contribution in [0.4, 0.5) is 34.1 Å². The van der Waals surface area contributed by atoms with E-state index < -0.39 is 0 Å². The van der Waals surface area contributed by atoms with E-state index in [4.69, 9.17) is 8.83 Å². The maximum absolute atomic E-state index is 7.12. The minimum Gasteiger partial charge on any atom is -0.454 e. The third-order valence-electron chi connectivity index (χ3n) is 19.6. The van der Waals surface area contributed by atoms with E-state index in [2.05, 4.69) is 320 Å². The van der Waals surface area contributed by atoms with Gasteiger partial charge in [0.15, 0.2) is 11.2 Å². The smallest absolute Gasteiger partial charge is 0.159 e. The van der Waals surface area contributed by atoms with Crippen molar-refractivity contribution in [3.05, 3.63) is 278 Å². The predicted molar refractivity (Wildman–Crippen MR) is 383 cm³/mol. The van der Waals surface area contributed by atoms with Crippen LogP contribution in [0, 0.1) is 0 Å². The number of furan rings is 2. The summed E-state index contributed by atoms with van der Waals surface area (Å²) in [6, 6.07) is 98.3. The molecule has 0 atom stereocenters. The van der Waals surface area contributed by atoms with Crippen molar-refractivity contribution in [3.8, 4) is 22.3 Å². The van der Waals surface area contributed by atoms with Crippen molar-refractivity contribution in [1.82, 2.24) is 8.80 Å². The van der Waals surface area contributed by atoms with Gasteiger partial charge in [-0.2, -0.15) is 0 Å². The SMILES string of the molecule is CC(C)c1cccc2c1oc1c(N(c3ccccc3)c3ccc4c(c3)c3cccc5c6c(-c7ccccc7)c7c(c(-c8ccccc8)c6n4c35)c3cccc4c5cc(N(c6ccccc6)c6cccc8c6oc6c(C(C)(C)C)cccc68)ccc5n7c43)cccc12. The van der Waals surface area contributed by atoms with E-state index in [0.717, 1.165) is 89.0 Å². The van der Waals surface area contributed by atoms with Gasteiger partial charge in [-0.3, -0.25) is 0 Å². The number of rotatable bonds is 9. The maximum Gasteiger partial charge on any atom is 0.159 e. The number of hydrogen-bond donors (Lipinski definition) is 0. The van der Waals surface area contributed by atoms with Crippen molar-refractivity contribution in [2.24, 2.45) is 0 Å². The average molecular weight is 1170 g/mol. The van der Waals surface area contributed by atoms with E-state index in [9.17, 15) is 0 Å². The zero-order valence-electron chi connectivity index (χ0n) is 51.1. The molecule has 13 aromatic carbocycles. The van der Waals surface area contributed by atoms with Gasteiger partial charge in [0.1, 0.15) is 11.2 Å². The van der Waals surface area contributed by atoms with Gasteiger partial charge in [-0.15, -0.1) is 0 Å². The quantitative estimate of drug-likeness (QED) is 0.144. The number of anilines is 6. The summed E-state index contributed by atoms with van der Waals surface area (Å²) in [6.07, 6.45) is 0. The molecule has 6 heterocycles. The molecule has 0 bridgehead atoms. The van der Waals surface area contributed by atoms with Gasteiger partial charge in [-0.1, -0.05) is 229 Å². The van der Waals surface area contributed by atoms with E-state index in [1.54, 1.807) is 0 Å². The molecule has 0 fully saturated rings. The van der Waals surface area contributed by atoms with E-state index in [1.165, 1.54) is 98.5 Å². The second kappa shape index (κ2) is 19.1. The molecular formula is C85H60N4O2. The van der Waals surface area contributed by atoms with Gasteiger partial charge in [0, 0.05) is 104 Å². The monoisotopic (exact) mass is 1170 g/mol. The van der Waals surface area contributed by atoms with E-state index in [-0.39, 0.29) is 5.41 Å². The molecule has 0 unspecified atom stereocenters. The van der Waals surface area contributed by atoms with Crippen LogP contribution in [0.15, 0.2) is 276 Å². The molecule has 432 valence electrons. The zero-order valence-corrected chi connectivity index (χ0v) is 51.1. The first-order chi connectivity index (χ1) is 44.7. The van der Waals surface area contributed by atoms with Crippen molar-refractivity contribution in [1.29, 1.82) is 0 Å². The van der Waals surface area contributed by atoms with Crippen molar-refractivity contribution < 1.29 is 8.83 Å². The summed E-state index contributed by atoms with van der Waals surface area (Å²) in [5.74, 6) is 0.310. The minimum atomic E-state index is -0.104. The first-order valence-corrected chi connectivity index (χ1v) is 31.8. The van der Waals surface area contributed by atoms with Crippen LogP contribution in [0.1, 0.15) is 51.7 Å². The van der Waals surface area contributed by atoms with E-state index >= 15 is 0 Å². The summed E-state index contributed by atoms with van der Waals surface area (Å²) < 4.78 is 19.4. The molecule has 19 rings (SSSR count). The Labute approximate surface area is 524 Å². The molecule has 6 heteroatoms. The molecular weight excluding hydrogens is 1110 g/mol. The van der Waals surface area contributed by atoms with Crippen molar-refractivity contribution in [2.75, 3.05) is 9.80 Å². The lowest BCUT2D eigenvalue weighted by molar-refractivity contribution is 0.573. The van der Waals surface area contributed by atoms with Gasteiger partial charge in [0.25, 0.3) is 0 Å². The lowest BCUT2D eigenvalue weighted by Crippen LogP contribution is -2.11. The Morgan fingerprint density at radius 3 is 1.16 bits per heavy atom. The van der Waals surface area contributed by atoms with Gasteiger partial charge in [-0.05, 0) is 101 Å². The molecule has 0 saturated carbocycles. The first-order valence-electron chi connectivity index (χ1n) is 31.8. The Morgan fingerprint density at radius 2 is 0.703 bits per heavy atom. The highest BCUT2D eigenvalue weighted by Gasteiger charge is 2.32. The Hall–Kier alpha value is -11.3. The van der Waals surface area contributed by atoms with Gasteiger partial charge < -0.3 is 27.4 Å². The topological polar surface area (TPSA) is 41.6 Å². The fraction of sp³-hybridized carbons (Fsp3) is 0.0824. The normalized spacial score (nSPS) is 12.5. The van der Waals surface area contributed by atoms with Gasteiger partial charge in [-0.25, -0.2) is 0 Å². The number of para-hydroxylation sites is 8. The lowest BCUT2D eigenvalue weighted by Gasteiger charge is -2.25. The largest absolute Gasteiger partial charge is 0.454 e. The molecule has 0 radical (unpaired) electrons. The first kappa shape index (κ1) is 51.7. The Kier molecular flexibility index (Phi) is 10.8. The summed E-state index contributed by atoms with van der Waals surface area (Å²) in [4.78, 5) is 4.76. The van der Waals surface area contributed by atoms with Crippen LogP contribution in [0.2, 0.25) is 0 Å². The second-order valence-electron chi connectivity index (χ2n) is 26.1. The van der Waals surface area contributed by atoms with E-state index in [1.807, 2.05) is 0 Å². The van der Waals surface area contributed by atoms with Gasteiger partial charge >= 0.3 is 0 Å². The van der Waals surface area contributed by atoms with Crippen LogP contribution in [-0.2, 0) is 5.41 Å². The number of hydrogen-bond acceptors (Lipinski definition) is 4. The van der Waals surface area contributed by atoms with Crippen LogP contribution in [0.25, 0.3) is 142 Å².